The summed E-state index contributed by atoms with van der Waals surface area (Å²) in [6.45, 7) is 0.230. The van der Waals surface area contributed by atoms with E-state index in [-0.39, 0.29) is 18.0 Å². The molecule has 0 fully saturated rings. The van der Waals surface area contributed by atoms with Gasteiger partial charge in [0.05, 0.1) is 20.8 Å². The summed E-state index contributed by atoms with van der Waals surface area (Å²) in [6, 6.07) is 23.0. The van der Waals surface area contributed by atoms with Gasteiger partial charge in [0.15, 0.2) is 0 Å². The molecule has 174 valence electrons. The monoisotopic (exact) mass is 456 g/mol. The van der Waals surface area contributed by atoms with Gasteiger partial charge < -0.3 is 19.4 Å². The molecule has 0 aliphatic heterocycles. The second-order valence-electron chi connectivity index (χ2n) is 8.05. The Bertz CT molecular complexity index is 1380. The molecule has 1 amide bonds. The predicted octanol–water partition coefficient (Wildman–Crippen LogP) is 4.47. The summed E-state index contributed by atoms with van der Waals surface area (Å²) in [6.07, 6.45) is 0.881. The highest BCUT2D eigenvalue weighted by molar-refractivity contribution is 5.98. The lowest BCUT2D eigenvalue weighted by atomic mass is 9.96. The molecule has 34 heavy (non-hydrogen) atoms. The number of hydrogen-bond donors (Lipinski definition) is 1. The van der Waals surface area contributed by atoms with E-state index in [9.17, 15) is 9.59 Å². The quantitative estimate of drug-likeness (QED) is 0.425. The number of rotatable bonds is 8. The van der Waals surface area contributed by atoms with Crippen LogP contribution in [0.3, 0.4) is 0 Å². The zero-order valence-electron chi connectivity index (χ0n) is 19.6. The van der Waals surface area contributed by atoms with Gasteiger partial charge >= 0.3 is 0 Å². The maximum absolute atomic E-state index is 13.2. The van der Waals surface area contributed by atoms with Crippen LogP contribution in [0.4, 0.5) is 0 Å². The van der Waals surface area contributed by atoms with Gasteiger partial charge in [0.1, 0.15) is 11.5 Å². The van der Waals surface area contributed by atoms with Crippen LogP contribution in [0, 0.1) is 0 Å². The standard InChI is InChI=1S/C28H28N2O4/c1-30-24(18-29-26(31)16-13-19-9-7-8-12-25(19)34-3)27(20-10-5-4-6-11-20)23-17-21(33-2)14-15-22(23)28(30)32/h4-12,14-15,17H,13,16,18H2,1-3H3,(H,29,31). The molecule has 1 heterocycles. The first-order valence-electron chi connectivity index (χ1n) is 11.2. The Hall–Kier alpha value is -4.06. The van der Waals surface area contributed by atoms with Gasteiger partial charge in [0, 0.05) is 35.5 Å². The number of carbonyl (C=O) groups is 1. The molecule has 0 aliphatic carbocycles. The molecule has 0 bridgehead atoms. The molecule has 6 heteroatoms. The van der Waals surface area contributed by atoms with Crippen LogP contribution < -0.4 is 20.3 Å². The van der Waals surface area contributed by atoms with Gasteiger partial charge in [0.25, 0.3) is 5.56 Å². The Balaban J connectivity index is 1.67. The summed E-state index contributed by atoms with van der Waals surface area (Å²) in [5, 5.41) is 4.41. The molecule has 3 aromatic carbocycles. The van der Waals surface area contributed by atoms with E-state index in [1.807, 2.05) is 60.7 Å². The lowest BCUT2D eigenvalue weighted by Gasteiger charge is -2.19. The number of amides is 1. The van der Waals surface area contributed by atoms with E-state index in [1.54, 1.807) is 38.0 Å². The van der Waals surface area contributed by atoms with Crippen molar-refractivity contribution in [3.63, 3.8) is 0 Å². The van der Waals surface area contributed by atoms with E-state index in [1.165, 1.54) is 0 Å². The number of benzene rings is 3. The van der Waals surface area contributed by atoms with E-state index >= 15 is 0 Å². The number of nitrogens with one attached hydrogen (secondary N) is 1. The number of hydrogen-bond acceptors (Lipinski definition) is 4. The topological polar surface area (TPSA) is 69.6 Å². The lowest BCUT2D eigenvalue weighted by molar-refractivity contribution is -0.121. The SMILES string of the molecule is COc1ccc2c(=O)n(C)c(CNC(=O)CCc3ccccc3OC)c(-c3ccccc3)c2c1. The van der Waals surface area contributed by atoms with Crippen LogP contribution >= 0.6 is 0 Å². The highest BCUT2D eigenvalue weighted by Crippen LogP contribution is 2.32. The third-order valence-electron chi connectivity index (χ3n) is 6.05. The van der Waals surface area contributed by atoms with Crippen LogP contribution in [-0.4, -0.2) is 24.7 Å². The molecule has 6 nitrogen and oxygen atoms in total. The number of pyridine rings is 1. The van der Waals surface area contributed by atoms with E-state index < -0.39 is 0 Å². The molecule has 0 atom stereocenters. The van der Waals surface area contributed by atoms with Crippen molar-refractivity contribution in [2.75, 3.05) is 14.2 Å². The van der Waals surface area contributed by atoms with Crippen LogP contribution in [0.25, 0.3) is 21.9 Å². The summed E-state index contributed by atoms with van der Waals surface area (Å²) in [7, 11) is 4.97. The van der Waals surface area contributed by atoms with Crippen molar-refractivity contribution in [2.24, 2.45) is 7.05 Å². The van der Waals surface area contributed by atoms with Crippen LogP contribution in [0.2, 0.25) is 0 Å². The van der Waals surface area contributed by atoms with Crippen molar-refractivity contribution >= 4 is 16.7 Å². The molecule has 1 aromatic heterocycles. The maximum atomic E-state index is 13.2. The number of fused-ring (bicyclic) bond motifs is 1. The number of ether oxygens (including phenoxy) is 2. The molecule has 4 rings (SSSR count). The molecule has 0 saturated carbocycles. The number of aromatic nitrogens is 1. The predicted molar refractivity (Wildman–Crippen MR) is 134 cm³/mol. The normalized spacial score (nSPS) is 10.8. The van der Waals surface area contributed by atoms with Crippen LogP contribution in [0.15, 0.2) is 77.6 Å². The Morgan fingerprint density at radius 2 is 1.65 bits per heavy atom. The number of methoxy groups -OCH3 is 2. The average Bonchev–Trinajstić information content (AvgIpc) is 2.88. The van der Waals surface area contributed by atoms with E-state index in [2.05, 4.69) is 5.32 Å². The number of aryl methyl sites for hydroxylation is 1. The van der Waals surface area contributed by atoms with Crippen molar-refractivity contribution < 1.29 is 14.3 Å². The first-order valence-corrected chi connectivity index (χ1v) is 11.2. The molecule has 0 radical (unpaired) electrons. The Kier molecular flexibility index (Phi) is 6.97. The number of carbonyl (C=O) groups excluding carboxylic acids is 1. The van der Waals surface area contributed by atoms with Crippen LogP contribution in [0.1, 0.15) is 17.7 Å². The fraction of sp³-hybridized carbons (Fsp3) is 0.214. The third kappa shape index (κ3) is 4.66. The summed E-state index contributed by atoms with van der Waals surface area (Å²) >= 11 is 0. The second-order valence-corrected chi connectivity index (χ2v) is 8.05. The van der Waals surface area contributed by atoms with Gasteiger partial charge in [-0.05, 0) is 41.8 Å². The third-order valence-corrected chi connectivity index (χ3v) is 6.05. The lowest BCUT2D eigenvalue weighted by Crippen LogP contribution is -2.29. The molecule has 1 N–H and O–H groups in total. The smallest absolute Gasteiger partial charge is 0.258 e. The van der Waals surface area contributed by atoms with Crippen molar-refractivity contribution in [3.05, 3.63) is 94.4 Å². The van der Waals surface area contributed by atoms with Gasteiger partial charge in [-0.2, -0.15) is 0 Å². The van der Waals surface area contributed by atoms with E-state index in [0.29, 0.717) is 24.0 Å². The van der Waals surface area contributed by atoms with Gasteiger partial charge in [-0.3, -0.25) is 9.59 Å². The summed E-state index contributed by atoms with van der Waals surface area (Å²) in [4.78, 5) is 25.9. The Morgan fingerprint density at radius 3 is 2.38 bits per heavy atom. The van der Waals surface area contributed by atoms with E-state index in [0.717, 1.165) is 33.5 Å². The van der Waals surface area contributed by atoms with Gasteiger partial charge in [-0.15, -0.1) is 0 Å². The largest absolute Gasteiger partial charge is 0.497 e. The second kappa shape index (κ2) is 10.3. The first kappa shape index (κ1) is 23.1. The molecule has 0 aliphatic rings. The van der Waals surface area contributed by atoms with E-state index in [4.69, 9.17) is 9.47 Å². The average molecular weight is 457 g/mol. The van der Waals surface area contributed by atoms with Crippen LogP contribution in [0.5, 0.6) is 11.5 Å². The Morgan fingerprint density at radius 1 is 0.912 bits per heavy atom. The summed E-state index contributed by atoms with van der Waals surface area (Å²) in [5.41, 5.74) is 3.48. The summed E-state index contributed by atoms with van der Waals surface area (Å²) < 4.78 is 12.4. The highest BCUT2D eigenvalue weighted by Gasteiger charge is 2.18. The molecular formula is C28H28N2O4. The molecule has 0 unspecified atom stereocenters. The number of para-hydroxylation sites is 1. The van der Waals surface area contributed by atoms with Crippen molar-refractivity contribution in [1.29, 1.82) is 0 Å². The highest BCUT2D eigenvalue weighted by atomic mass is 16.5. The van der Waals surface area contributed by atoms with Gasteiger partial charge in [-0.25, -0.2) is 0 Å². The molecule has 0 saturated heterocycles. The minimum atomic E-state index is -0.115. The van der Waals surface area contributed by atoms with Crippen LogP contribution in [-0.2, 0) is 24.8 Å². The van der Waals surface area contributed by atoms with Gasteiger partial charge in [-0.1, -0.05) is 48.5 Å². The molecule has 4 aromatic rings. The Labute approximate surface area is 198 Å². The maximum Gasteiger partial charge on any atom is 0.258 e. The fourth-order valence-corrected chi connectivity index (χ4v) is 4.23. The van der Waals surface area contributed by atoms with Crippen molar-refractivity contribution in [1.82, 2.24) is 9.88 Å². The zero-order chi connectivity index (χ0) is 24.1. The molecule has 0 spiro atoms. The fourth-order valence-electron chi connectivity index (χ4n) is 4.23. The minimum Gasteiger partial charge on any atom is -0.497 e. The first-order chi connectivity index (χ1) is 16.5. The minimum absolute atomic E-state index is 0.0943. The van der Waals surface area contributed by atoms with Gasteiger partial charge in [0.2, 0.25) is 5.91 Å². The zero-order valence-corrected chi connectivity index (χ0v) is 19.6. The molecular weight excluding hydrogens is 428 g/mol. The van der Waals surface area contributed by atoms with Crippen molar-refractivity contribution in [3.8, 4) is 22.6 Å². The summed E-state index contributed by atoms with van der Waals surface area (Å²) in [5.74, 6) is 1.35. The van der Waals surface area contributed by atoms with Crippen molar-refractivity contribution in [2.45, 2.75) is 19.4 Å². The number of nitrogens with zero attached hydrogens (tertiary/aromatic N) is 1.